The van der Waals surface area contributed by atoms with Gasteiger partial charge in [0.1, 0.15) is 6.04 Å². The Labute approximate surface area is 199 Å². The lowest BCUT2D eigenvalue weighted by Gasteiger charge is -2.26. The minimum Gasteiger partial charge on any atom is -0.478 e. The largest absolute Gasteiger partial charge is 0.478 e. The van der Waals surface area contributed by atoms with Crippen molar-refractivity contribution < 1.29 is 29.0 Å². The molecule has 1 unspecified atom stereocenters. The zero-order valence-electron chi connectivity index (χ0n) is 18.0. The molecule has 0 fully saturated rings. The number of hydrogen-bond donors (Lipinski definition) is 2. The van der Waals surface area contributed by atoms with E-state index >= 15 is 0 Å². The molecule has 0 spiro atoms. The van der Waals surface area contributed by atoms with E-state index in [4.69, 9.17) is 21.1 Å². The van der Waals surface area contributed by atoms with Crippen LogP contribution in [0.4, 0.5) is 5.69 Å². The maximum Gasteiger partial charge on any atom is 0.336 e. The first-order chi connectivity index (χ1) is 16.3. The topological polar surface area (TPSA) is 105 Å². The van der Waals surface area contributed by atoms with Crippen molar-refractivity contribution in [1.29, 1.82) is 0 Å². The molecule has 0 bridgehead atoms. The molecule has 34 heavy (non-hydrogen) atoms. The molecule has 2 amide bonds. The molecule has 0 aromatic heterocycles. The van der Waals surface area contributed by atoms with Crippen LogP contribution in [0, 0.1) is 0 Å². The van der Waals surface area contributed by atoms with Crippen LogP contribution in [0.25, 0.3) is 11.1 Å². The lowest BCUT2D eigenvalue weighted by molar-refractivity contribution is -0.120. The maximum atomic E-state index is 13.3. The van der Waals surface area contributed by atoms with Crippen molar-refractivity contribution >= 4 is 35.1 Å². The van der Waals surface area contributed by atoms with Crippen LogP contribution in [0.3, 0.4) is 0 Å². The van der Waals surface area contributed by atoms with Crippen molar-refractivity contribution in [1.82, 2.24) is 4.90 Å². The normalized spacial score (nSPS) is 16.6. The fourth-order valence-electron chi connectivity index (χ4n) is 4.10. The van der Waals surface area contributed by atoms with E-state index in [1.807, 2.05) is 0 Å². The van der Waals surface area contributed by atoms with Crippen LogP contribution >= 0.6 is 11.6 Å². The van der Waals surface area contributed by atoms with E-state index in [2.05, 4.69) is 5.32 Å². The van der Waals surface area contributed by atoms with Crippen LogP contribution in [0.15, 0.2) is 54.6 Å². The van der Waals surface area contributed by atoms with Gasteiger partial charge in [-0.05, 0) is 66.1 Å². The van der Waals surface area contributed by atoms with Crippen molar-refractivity contribution in [2.75, 3.05) is 12.1 Å². The molecule has 0 aliphatic carbocycles. The van der Waals surface area contributed by atoms with Gasteiger partial charge in [-0.15, -0.1) is 0 Å². The van der Waals surface area contributed by atoms with Crippen LogP contribution in [0.2, 0.25) is 5.02 Å². The number of carboxylic acid groups (broad SMARTS) is 1. The van der Waals surface area contributed by atoms with Gasteiger partial charge in [0.05, 0.1) is 16.8 Å². The van der Waals surface area contributed by atoms with Gasteiger partial charge in [-0.3, -0.25) is 9.59 Å². The summed E-state index contributed by atoms with van der Waals surface area (Å²) < 4.78 is 10.8. The Bertz CT molecular complexity index is 1360. The number of halogens is 1. The van der Waals surface area contributed by atoms with Crippen LogP contribution in [-0.4, -0.2) is 40.6 Å². The average molecular weight is 479 g/mol. The van der Waals surface area contributed by atoms with E-state index < -0.39 is 12.0 Å². The molecule has 172 valence electrons. The standard InChI is InChI=1S/C25H19ClN2O6/c1-13-23(29)27-20-10-16(26)4-6-18(20)24(30)28(13)11-14-2-5-17(25(31)32)19(8-14)15-3-7-21-22(9-15)34-12-33-21/h2-10,13H,11-12H2,1H3,(H,27,29)(H,31,32). The highest BCUT2D eigenvalue weighted by molar-refractivity contribution is 6.31. The summed E-state index contributed by atoms with van der Waals surface area (Å²) in [7, 11) is 0. The van der Waals surface area contributed by atoms with E-state index in [0.717, 1.165) is 0 Å². The highest BCUT2D eigenvalue weighted by atomic mass is 35.5. The van der Waals surface area contributed by atoms with E-state index in [9.17, 15) is 19.5 Å². The molecule has 2 heterocycles. The Morgan fingerprint density at radius 1 is 1.06 bits per heavy atom. The third-order valence-electron chi connectivity index (χ3n) is 5.93. The van der Waals surface area contributed by atoms with E-state index in [1.165, 1.54) is 11.0 Å². The number of hydrogen-bond acceptors (Lipinski definition) is 5. The number of rotatable bonds is 4. The summed E-state index contributed by atoms with van der Waals surface area (Å²) in [6.07, 6.45) is 0. The van der Waals surface area contributed by atoms with E-state index in [-0.39, 0.29) is 30.7 Å². The molecule has 9 heteroatoms. The minimum atomic E-state index is -1.08. The van der Waals surface area contributed by atoms with Gasteiger partial charge in [-0.1, -0.05) is 23.7 Å². The highest BCUT2D eigenvalue weighted by Gasteiger charge is 2.32. The molecule has 0 saturated carbocycles. The molecular formula is C25H19ClN2O6. The van der Waals surface area contributed by atoms with Gasteiger partial charge in [0, 0.05) is 11.6 Å². The number of carboxylic acids is 1. The molecule has 2 aliphatic rings. The first-order valence-electron chi connectivity index (χ1n) is 10.5. The highest BCUT2D eigenvalue weighted by Crippen LogP contribution is 2.37. The summed E-state index contributed by atoms with van der Waals surface area (Å²) in [5, 5.41) is 12.9. The number of carbonyl (C=O) groups is 3. The van der Waals surface area contributed by atoms with Crippen LogP contribution in [0.1, 0.15) is 33.2 Å². The summed E-state index contributed by atoms with van der Waals surface area (Å²) in [5.41, 5.74) is 2.57. The number of ether oxygens (including phenoxy) is 2. The molecule has 3 aromatic carbocycles. The Kier molecular flexibility index (Phi) is 5.37. The van der Waals surface area contributed by atoms with Gasteiger partial charge < -0.3 is 24.8 Å². The monoisotopic (exact) mass is 478 g/mol. The molecule has 0 saturated heterocycles. The molecule has 8 nitrogen and oxygen atoms in total. The second-order valence-electron chi connectivity index (χ2n) is 8.04. The third-order valence-corrected chi connectivity index (χ3v) is 6.16. The zero-order valence-corrected chi connectivity index (χ0v) is 18.8. The Morgan fingerprint density at radius 3 is 2.65 bits per heavy atom. The number of aromatic carboxylic acids is 1. The predicted octanol–water partition coefficient (Wildman–Crippen LogP) is 4.42. The number of fused-ring (bicyclic) bond motifs is 2. The summed E-state index contributed by atoms with van der Waals surface area (Å²) >= 11 is 6.04. The fraction of sp³-hybridized carbons (Fsp3) is 0.160. The van der Waals surface area contributed by atoms with Gasteiger partial charge in [0.2, 0.25) is 12.7 Å². The molecule has 2 aliphatic heterocycles. The van der Waals surface area contributed by atoms with Crippen molar-refractivity contribution in [3.8, 4) is 22.6 Å². The second kappa shape index (κ2) is 8.39. The van der Waals surface area contributed by atoms with Crippen molar-refractivity contribution in [2.24, 2.45) is 0 Å². The van der Waals surface area contributed by atoms with Gasteiger partial charge >= 0.3 is 5.97 Å². The van der Waals surface area contributed by atoms with Crippen LogP contribution in [0.5, 0.6) is 11.5 Å². The van der Waals surface area contributed by atoms with Crippen LogP contribution < -0.4 is 14.8 Å². The predicted molar refractivity (Wildman–Crippen MR) is 124 cm³/mol. The van der Waals surface area contributed by atoms with Gasteiger partial charge in [0.15, 0.2) is 11.5 Å². The van der Waals surface area contributed by atoms with Gasteiger partial charge in [0.25, 0.3) is 5.91 Å². The summed E-state index contributed by atoms with van der Waals surface area (Å²) in [5.74, 6) is -0.631. The Hall–Kier alpha value is -4.04. The first kappa shape index (κ1) is 21.8. The van der Waals surface area contributed by atoms with E-state index in [0.29, 0.717) is 44.5 Å². The average Bonchev–Trinajstić information content (AvgIpc) is 3.26. The van der Waals surface area contributed by atoms with E-state index in [1.54, 1.807) is 55.5 Å². The molecular weight excluding hydrogens is 460 g/mol. The summed E-state index contributed by atoms with van der Waals surface area (Å²) in [4.78, 5) is 39.4. The number of nitrogens with zero attached hydrogens (tertiary/aromatic N) is 1. The van der Waals surface area contributed by atoms with Crippen molar-refractivity contribution in [3.05, 3.63) is 76.3 Å². The zero-order chi connectivity index (χ0) is 24.0. The SMILES string of the molecule is CC1C(=O)Nc2cc(Cl)ccc2C(=O)N1Cc1ccc(C(=O)O)c(-c2ccc3c(c2)OCO3)c1. The number of nitrogens with one attached hydrogen (secondary N) is 1. The second-order valence-corrected chi connectivity index (χ2v) is 8.48. The molecule has 3 aromatic rings. The smallest absolute Gasteiger partial charge is 0.336 e. The lowest BCUT2D eigenvalue weighted by atomic mass is 9.96. The van der Waals surface area contributed by atoms with Gasteiger partial charge in [-0.2, -0.15) is 0 Å². The number of amides is 2. The molecule has 2 N–H and O–H groups in total. The molecule has 0 radical (unpaired) electrons. The van der Waals surface area contributed by atoms with Crippen molar-refractivity contribution in [3.63, 3.8) is 0 Å². The quantitative estimate of drug-likeness (QED) is 0.575. The number of anilines is 1. The number of carbonyl (C=O) groups excluding carboxylic acids is 2. The third kappa shape index (κ3) is 3.82. The molecule has 1 atom stereocenters. The number of benzene rings is 3. The van der Waals surface area contributed by atoms with Crippen LogP contribution in [-0.2, 0) is 11.3 Å². The Morgan fingerprint density at radius 2 is 1.85 bits per heavy atom. The lowest BCUT2D eigenvalue weighted by Crippen LogP contribution is -2.42. The summed E-state index contributed by atoms with van der Waals surface area (Å²) in [6.45, 7) is 1.85. The maximum absolute atomic E-state index is 13.3. The fourth-order valence-corrected chi connectivity index (χ4v) is 4.27. The summed E-state index contributed by atoms with van der Waals surface area (Å²) in [6, 6.07) is 14.0. The minimum absolute atomic E-state index is 0.104. The molecule has 5 rings (SSSR count). The van der Waals surface area contributed by atoms with Gasteiger partial charge in [-0.25, -0.2) is 4.79 Å². The Balaban J connectivity index is 1.53. The first-order valence-corrected chi connectivity index (χ1v) is 10.9. The van der Waals surface area contributed by atoms with Crippen molar-refractivity contribution in [2.45, 2.75) is 19.5 Å².